The van der Waals surface area contributed by atoms with E-state index in [9.17, 15) is 19.5 Å². The van der Waals surface area contributed by atoms with E-state index in [2.05, 4.69) is 6.58 Å². The molecule has 0 unspecified atom stereocenters. The summed E-state index contributed by atoms with van der Waals surface area (Å²) < 4.78 is 0.604. The third-order valence-corrected chi connectivity index (χ3v) is 5.60. The summed E-state index contributed by atoms with van der Waals surface area (Å²) in [6.07, 6.45) is 12.7. The van der Waals surface area contributed by atoms with Crippen LogP contribution in [0.15, 0.2) is 12.7 Å². The van der Waals surface area contributed by atoms with Gasteiger partial charge in [-0.25, -0.2) is 0 Å². The molecule has 0 aromatic heterocycles. The number of allylic oxidation sites excluding steroid dienone is 1. The summed E-state index contributed by atoms with van der Waals surface area (Å²) in [6.45, 7) is 6.47. The van der Waals surface area contributed by atoms with Crippen LogP contribution in [-0.2, 0) is 14.4 Å². The quantitative estimate of drug-likeness (QED) is 0.155. The number of carboxylic acid groups (broad SMARTS) is 3. The first-order chi connectivity index (χ1) is 14.3. The van der Waals surface area contributed by atoms with Crippen molar-refractivity contribution in [3.05, 3.63) is 12.7 Å². The molecule has 0 aliphatic rings. The van der Waals surface area contributed by atoms with E-state index in [-0.39, 0.29) is 19.3 Å². The van der Waals surface area contributed by atoms with Crippen LogP contribution in [-0.4, -0.2) is 58.8 Å². The first kappa shape index (κ1) is 28.1. The third kappa shape index (κ3) is 17.0. The lowest BCUT2D eigenvalue weighted by Gasteiger charge is -2.39. The van der Waals surface area contributed by atoms with E-state index in [1.54, 1.807) is 0 Å². The van der Waals surface area contributed by atoms with Crippen LogP contribution in [0.1, 0.15) is 89.9 Å². The van der Waals surface area contributed by atoms with Crippen molar-refractivity contribution in [3.8, 4) is 0 Å². The molecule has 30 heavy (non-hydrogen) atoms. The van der Waals surface area contributed by atoms with Gasteiger partial charge in [0.2, 0.25) is 0 Å². The largest absolute Gasteiger partial charge is 0.550 e. The number of carbonyl (C=O) groups is 3. The van der Waals surface area contributed by atoms with E-state index in [1.165, 1.54) is 25.7 Å². The van der Waals surface area contributed by atoms with Crippen LogP contribution in [0.4, 0.5) is 0 Å². The highest BCUT2D eigenvalue weighted by Gasteiger charge is 2.26. The molecule has 0 spiro atoms. The van der Waals surface area contributed by atoms with Crippen LogP contribution in [0.5, 0.6) is 0 Å². The van der Waals surface area contributed by atoms with Gasteiger partial charge in [-0.05, 0) is 32.1 Å². The molecule has 0 fully saturated rings. The molecule has 0 saturated heterocycles. The van der Waals surface area contributed by atoms with Gasteiger partial charge < -0.3 is 24.6 Å². The van der Waals surface area contributed by atoms with Crippen molar-refractivity contribution in [2.24, 2.45) is 0 Å². The standard InChI is InChI=1S/C23H41NO6/c1-2-3-4-5-6-7-8-9-10-17-24(18-11-14-21(25)26,19-12-15-22(27)28)20-13-16-23(29)30/h2H,1,3-20H2,(H2-,25,26,27,28,29,30). The van der Waals surface area contributed by atoms with E-state index in [1.807, 2.05) is 6.08 Å². The second kappa shape index (κ2) is 17.9. The molecule has 0 radical (unpaired) electrons. The van der Waals surface area contributed by atoms with Gasteiger partial charge in [0.05, 0.1) is 39.0 Å². The van der Waals surface area contributed by atoms with E-state index in [0.717, 1.165) is 32.2 Å². The fraction of sp³-hybridized carbons (Fsp3) is 0.783. The average Bonchev–Trinajstić information content (AvgIpc) is 2.65. The molecule has 0 heterocycles. The fourth-order valence-corrected chi connectivity index (χ4v) is 3.98. The van der Waals surface area contributed by atoms with Crippen molar-refractivity contribution in [3.63, 3.8) is 0 Å². The number of hydrogen-bond acceptors (Lipinski definition) is 4. The molecule has 7 nitrogen and oxygen atoms in total. The lowest BCUT2D eigenvalue weighted by atomic mass is 10.1. The van der Waals surface area contributed by atoms with Crippen molar-refractivity contribution in [1.82, 2.24) is 0 Å². The summed E-state index contributed by atoms with van der Waals surface area (Å²) in [7, 11) is 0. The lowest BCUT2D eigenvalue weighted by molar-refractivity contribution is -0.929. The Morgan fingerprint density at radius 3 is 1.50 bits per heavy atom. The molecule has 0 aromatic rings. The average molecular weight is 428 g/mol. The van der Waals surface area contributed by atoms with E-state index in [4.69, 9.17) is 10.2 Å². The Balaban J connectivity index is 4.68. The van der Waals surface area contributed by atoms with Gasteiger partial charge >= 0.3 is 11.9 Å². The Bertz CT molecular complexity index is 456. The molecule has 0 saturated carbocycles. The number of unbranched alkanes of at least 4 members (excludes halogenated alkanes) is 7. The number of quaternary nitrogens is 1. The van der Waals surface area contributed by atoms with Crippen molar-refractivity contribution in [2.75, 3.05) is 26.2 Å². The summed E-state index contributed by atoms with van der Waals surface area (Å²) in [5.74, 6) is -2.77. The van der Waals surface area contributed by atoms with Crippen LogP contribution in [0.2, 0.25) is 0 Å². The van der Waals surface area contributed by atoms with Gasteiger partial charge in [0.25, 0.3) is 0 Å². The second-order valence-electron chi connectivity index (χ2n) is 8.26. The zero-order chi connectivity index (χ0) is 22.7. The van der Waals surface area contributed by atoms with Crippen molar-refractivity contribution >= 4 is 17.9 Å². The molecular formula is C23H41NO6. The van der Waals surface area contributed by atoms with Crippen LogP contribution < -0.4 is 5.11 Å². The predicted octanol–water partition coefficient (Wildman–Crippen LogP) is 3.37. The Kier molecular flexibility index (Phi) is 16.8. The molecular weight excluding hydrogens is 386 g/mol. The highest BCUT2D eigenvalue weighted by molar-refractivity contribution is 5.66. The van der Waals surface area contributed by atoms with Crippen LogP contribution in [0.25, 0.3) is 0 Å². The molecule has 0 rings (SSSR count). The molecule has 2 N–H and O–H groups in total. The SMILES string of the molecule is C=CCCCCCCCCC[N+](CCCC(=O)[O-])(CCCC(=O)O)CCCC(=O)O. The van der Waals surface area contributed by atoms with Gasteiger partial charge in [0.1, 0.15) is 0 Å². The maximum absolute atomic E-state index is 10.9. The summed E-state index contributed by atoms with van der Waals surface area (Å²) >= 11 is 0. The summed E-state index contributed by atoms with van der Waals surface area (Å²) in [4.78, 5) is 32.7. The van der Waals surface area contributed by atoms with Gasteiger partial charge in [0.15, 0.2) is 0 Å². The number of aliphatic carboxylic acids is 3. The maximum atomic E-state index is 10.9. The van der Waals surface area contributed by atoms with Crippen molar-refractivity contribution in [2.45, 2.75) is 89.9 Å². The number of carbonyl (C=O) groups excluding carboxylic acids is 1. The topological polar surface area (TPSA) is 115 Å². The zero-order valence-corrected chi connectivity index (χ0v) is 18.5. The van der Waals surface area contributed by atoms with Gasteiger partial charge in [0, 0.05) is 25.2 Å². The Morgan fingerprint density at radius 2 is 1.07 bits per heavy atom. The Labute approximate surface area is 181 Å². The minimum Gasteiger partial charge on any atom is -0.550 e. The zero-order valence-electron chi connectivity index (χ0n) is 18.5. The minimum atomic E-state index is -1.08. The van der Waals surface area contributed by atoms with Gasteiger partial charge in [-0.3, -0.25) is 9.59 Å². The van der Waals surface area contributed by atoms with Gasteiger partial charge in [-0.1, -0.05) is 31.8 Å². The summed E-state index contributed by atoms with van der Waals surface area (Å²) in [6, 6.07) is 0. The first-order valence-corrected chi connectivity index (χ1v) is 11.4. The molecule has 174 valence electrons. The second-order valence-corrected chi connectivity index (χ2v) is 8.26. The smallest absolute Gasteiger partial charge is 0.303 e. The van der Waals surface area contributed by atoms with Crippen LogP contribution >= 0.6 is 0 Å². The van der Waals surface area contributed by atoms with Crippen LogP contribution in [0, 0.1) is 0 Å². The number of rotatable bonds is 22. The Morgan fingerprint density at radius 1 is 0.667 bits per heavy atom. The molecule has 0 aliphatic heterocycles. The van der Waals surface area contributed by atoms with E-state index < -0.39 is 17.9 Å². The molecule has 0 bridgehead atoms. The molecule has 0 aromatic carbocycles. The predicted molar refractivity (Wildman–Crippen MR) is 115 cm³/mol. The van der Waals surface area contributed by atoms with Gasteiger partial charge in [-0.2, -0.15) is 0 Å². The normalized spacial score (nSPS) is 11.3. The highest BCUT2D eigenvalue weighted by Crippen LogP contribution is 2.18. The first-order valence-electron chi connectivity index (χ1n) is 11.4. The molecule has 7 heteroatoms. The van der Waals surface area contributed by atoms with Gasteiger partial charge in [-0.15, -0.1) is 6.58 Å². The minimum absolute atomic E-state index is 0.0252. The lowest BCUT2D eigenvalue weighted by Crippen LogP contribution is -2.51. The Hall–Kier alpha value is -1.89. The van der Waals surface area contributed by atoms with Crippen molar-refractivity contribution in [1.29, 1.82) is 0 Å². The maximum Gasteiger partial charge on any atom is 0.303 e. The van der Waals surface area contributed by atoms with E-state index >= 15 is 0 Å². The van der Waals surface area contributed by atoms with Crippen LogP contribution in [0.3, 0.4) is 0 Å². The monoisotopic (exact) mass is 427 g/mol. The van der Waals surface area contributed by atoms with Crippen molar-refractivity contribution < 1.29 is 34.2 Å². The number of nitrogens with zero attached hydrogens (tertiary/aromatic N) is 1. The molecule has 0 atom stereocenters. The summed E-state index contributed by atoms with van der Waals surface area (Å²) in [5, 5.41) is 28.8. The van der Waals surface area contributed by atoms with E-state index in [0.29, 0.717) is 43.4 Å². The highest BCUT2D eigenvalue weighted by atomic mass is 16.4. The number of hydrogen-bond donors (Lipinski definition) is 2. The molecule has 0 amide bonds. The summed E-state index contributed by atoms with van der Waals surface area (Å²) in [5.41, 5.74) is 0. The fourth-order valence-electron chi connectivity index (χ4n) is 3.98. The number of carboxylic acids is 3. The molecule has 0 aliphatic carbocycles. The third-order valence-electron chi connectivity index (χ3n) is 5.60.